The molecule has 1 aliphatic rings. The molecule has 4 aromatic rings. The van der Waals surface area contributed by atoms with Crippen LogP contribution in [0.3, 0.4) is 0 Å². The average Bonchev–Trinajstić information content (AvgIpc) is 3.53. The third-order valence-corrected chi connectivity index (χ3v) is 6.46. The van der Waals surface area contributed by atoms with Crippen LogP contribution in [0.2, 0.25) is 0 Å². The van der Waals surface area contributed by atoms with Gasteiger partial charge in [0.2, 0.25) is 5.91 Å². The number of likely N-dealkylation sites (tertiary alicyclic amines) is 1. The molecule has 0 spiro atoms. The third kappa shape index (κ3) is 6.28. The quantitative estimate of drug-likeness (QED) is 0.283. The Morgan fingerprint density at radius 2 is 2.05 bits per heavy atom. The van der Waals surface area contributed by atoms with E-state index in [2.05, 4.69) is 37.5 Å². The molecule has 2 aromatic carbocycles. The third-order valence-electron chi connectivity index (χ3n) is 6.46. The monoisotopic (exact) mass is 538 g/mol. The molecule has 3 heterocycles. The van der Waals surface area contributed by atoms with Gasteiger partial charge < -0.3 is 20.3 Å². The second-order valence-electron chi connectivity index (χ2n) is 9.26. The summed E-state index contributed by atoms with van der Waals surface area (Å²) in [5, 5.41) is 9.90. The van der Waals surface area contributed by atoms with E-state index in [0.29, 0.717) is 35.1 Å². The molecule has 0 aliphatic carbocycles. The van der Waals surface area contributed by atoms with Crippen LogP contribution >= 0.6 is 0 Å². The number of benzene rings is 2. The Hall–Kier alpha value is -4.19. The molecule has 1 fully saturated rings. The van der Waals surface area contributed by atoms with Crippen molar-refractivity contribution in [2.45, 2.75) is 31.8 Å². The molecule has 2 N–H and O–H groups in total. The molecule has 0 saturated carbocycles. The number of hydrogen-bond acceptors (Lipinski definition) is 7. The molecule has 5 rings (SSSR count). The van der Waals surface area contributed by atoms with Gasteiger partial charge in [0, 0.05) is 30.2 Å². The van der Waals surface area contributed by atoms with Crippen LogP contribution in [0.15, 0.2) is 49.1 Å². The second-order valence-corrected chi connectivity index (χ2v) is 9.26. The number of anilines is 3. The summed E-state index contributed by atoms with van der Waals surface area (Å²) in [5.74, 6) is -2.87. The number of hydrogen-bond donors (Lipinski definition) is 2. The highest BCUT2D eigenvalue weighted by Gasteiger charge is 2.19. The SMILES string of the molecule is [CH2][C@@H]1CCCN1CCCOc1cc2ncnc(Nc3cnn(CC(=O)Nc4cccc(F)c4F)c3)c2cc1F. The molecular formula is C27H27F3N7O2. The van der Waals surface area contributed by atoms with E-state index in [-0.39, 0.29) is 18.0 Å². The second kappa shape index (κ2) is 11.7. The number of amides is 1. The highest BCUT2D eigenvalue weighted by Crippen LogP contribution is 2.29. The van der Waals surface area contributed by atoms with Crippen molar-refractivity contribution in [3.63, 3.8) is 0 Å². The maximum atomic E-state index is 14.9. The van der Waals surface area contributed by atoms with Crippen molar-refractivity contribution < 1.29 is 22.7 Å². The fourth-order valence-corrected chi connectivity index (χ4v) is 4.50. The Kier molecular flexibility index (Phi) is 7.92. The van der Waals surface area contributed by atoms with E-state index in [1.165, 1.54) is 47.7 Å². The molecule has 0 unspecified atom stereocenters. The molecule has 1 radical (unpaired) electrons. The molecule has 1 amide bonds. The maximum absolute atomic E-state index is 14.9. The Bertz CT molecular complexity index is 1480. The van der Waals surface area contributed by atoms with Crippen molar-refractivity contribution >= 4 is 34.0 Å². The highest BCUT2D eigenvalue weighted by molar-refractivity contribution is 5.92. The average molecular weight is 539 g/mol. The van der Waals surface area contributed by atoms with Gasteiger partial charge in [0.05, 0.1) is 29.7 Å². The van der Waals surface area contributed by atoms with E-state index in [9.17, 15) is 18.0 Å². The van der Waals surface area contributed by atoms with Crippen LogP contribution in [-0.2, 0) is 11.3 Å². The zero-order valence-electron chi connectivity index (χ0n) is 21.0. The normalized spacial score (nSPS) is 15.5. The lowest BCUT2D eigenvalue weighted by atomic mass is 10.2. The van der Waals surface area contributed by atoms with Crippen molar-refractivity contribution in [2.75, 3.05) is 30.3 Å². The summed E-state index contributed by atoms with van der Waals surface area (Å²) in [6.07, 6.45) is 7.34. The number of carbonyl (C=O) groups excluding carboxylic acids is 1. The number of nitrogens with zero attached hydrogens (tertiary/aromatic N) is 5. The molecular weight excluding hydrogens is 511 g/mol. The number of rotatable bonds is 10. The van der Waals surface area contributed by atoms with Gasteiger partial charge in [-0.05, 0) is 50.9 Å². The van der Waals surface area contributed by atoms with Gasteiger partial charge >= 0.3 is 0 Å². The Labute approximate surface area is 223 Å². The summed E-state index contributed by atoms with van der Waals surface area (Å²) in [6, 6.07) is 6.69. The first-order valence-corrected chi connectivity index (χ1v) is 12.5. The number of aromatic nitrogens is 4. The predicted octanol–water partition coefficient (Wildman–Crippen LogP) is 4.69. The van der Waals surface area contributed by atoms with Gasteiger partial charge in [-0.3, -0.25) is 9.48 Å². The van der Waals surface area contributed by atoms with Gasteiger partial charge in [0.25, 0.3) is 0 Å². The van der Waals surface area contributed by atoms with Gasteiger partial charge in [-0.15, -0.1) is 0 Å². The molecule has 9 nitrogen and oxygen atoms in total. The predicted molar refractivity (Wildman–Crippen MR) is 140 cm³/mol. The zero-order chi connectivity index (χ0) is 27.4. The molecule has 39 heavy (non-hydrogen) atoms. The van der Waals surface area contributed by atoms with E-state index >= 15 is 0 Å². The van der Waals surface area contributed by atoms with Crippen molar-refractivity contribution in [1.82, 2.24) is 24.6 Å². The van der Waals surface area contributed by atoms with Gasteiger partial charge in [-0.1, -0.05) is 6.07 Å². The lowest BCUT2D eigenvalue weighted by Crippen LogP contribution is -2.29. The van der Waals surface area contributed by atoms with E-state index in [1.807, 2.05) is 0 Å². The minimum Gasteiger partial charge on any atom is -0.490 e. The summed E-state index contributed by atoms with van der Waals surface area (Å²) in [7, 11) is 0. The van der Waals surface area contributed by atoms with E-state index in [1.54, 1.807) is 0 Å². The van der Waals surface area contributed by atoms with Gasteiger partial charge in [0.1, 0.15) is 18.7 Å². The number of halogens is 3. The molecule has 12 heteroatoms. The van der Waals surface area contributed by atoms with Crippen LogP contribution in [0, 0.1) is 24.4 Å². The standard InChI is InChI=1S/C27H27F3N7O2/c1-17-5-3-8-36(17)9-4-10-39-24-12-23-19(11-21(24)29)27(32-16-31-23)34-18-13-33-37(14-18)15-25(38)35-22-7-2-6-20(28)26(22)30/h2,6-7,11-14,16-17H,1,3-5,8-10,15H2,(H,35,38)(H,31,32,34)/t17-/m1/s1. The first kappa shape index (κ1) is 26.4. The highest BCUT2D eigenvalue weighted by atomic mass is 19.2. The van der Waals surface area contributed by atoms with Gasteiger partial charge in [0.15, 0.2) is 23.2 Å². The van der Waals surface area contributed by atoms with Crippen LogP contribution in [0.4, 0.5) is 30.4 Å². The lowest BCUT2D eigenvalue weighted by molar-refractivity contribution is -0.116. The molecule has 1 saturated heterocycles. The minimum atomic E-state index is -1.14. The summed E-state index contributed by atoms with van der Waals surface area (Å²) in [4.78, 5) is 23.0. The van der Waals surface area contributed by atoms with Gasteiger partial charge in [-0.2, -0.15) is 5.10 Å². The zero-order valence-corrected chi connectivity index (χ0v) is 21.0. The van der Waals surface area contributed by atoms with Crippen LogP contribution in [0.5, 0.6) is 5.75 Å². The number of fused-ring (bicyclic) bond motifs is 1. The molecule has 203 valence electrons. The Morgan fingerprint density at radius 1 is 1.18 bits per heavy atom. The topological polar surface area (TPSA) is 97.2 Å². The number of nitrogens with one attached hydrogen (secondary N) is 2. The van der Waals surface area contributed by atoms with Crippen LogP contribution in [0.1, 0.15) is 19.3 Å². The van der Waals surface area contributed by atoms with Crippen LogP contribution in [-0.4, -0.2) is 56.3 Å². The Balaban J connectivity index is 1.21. The lowest BCUT2D eigenvalue weighted by Gasteiger charge is -2.20. The van der Waals surface area contributed by atoms with Gasteiger partial charge in [-0.25, -0.2) is 23.1 Å². The van der Waals surface area contributed by atoms with E-state index < -0.39 is 23.4 Å². The summed E-state index contributed by atoms with van der Waals surface area (Å²) >= 11 is 0. The van der Waals surface area contributed by atoms with Crippen molar-refractivity contribution in [1.29, 1.82) is 0 Å². The van der Waals surface area contributed by atoms with Crippen LogP contribution in [0.25, 0.3) is 10.9 Å². The molecule has 1 atom stereocenters. The molecule has 2 aromatic heterocycles. The molecule has 0 bridgehead atoms. The summed E-state index contributed by atoms with van der Waals surface area (Å²) < 4.78 is 49.0. The smallest absolute Gasteiger partial charge is 0.246 e. The number of ether oxygens (including phenoxy) is 1. The van der Waals surface area contributed by atoms with Crippen LogP contribution < -0.4 is 15.4 Å². The Morgan fingerprint density at radius 3 is 2.87 bits per heavy atom. The minimum absolute atomic E-state index is 0.119. The fourth-order valence-electron chi connectivity index (χ4n) is 4.50. The molecule has 1 aliphatic heterocycles. The van der Waals surface area contributed by atoms with Crippen molar-refractivity contribution in [3.8, 4) is 5.75 Å². The fraction of sp³-hybridized carbons (Fsp3) is 0.296. The first-order valence-electron chi connectivity index (χ1n) is 12.5. The van der Waals surface area contributed by atoms with Crippen molar-refractivity contribution in [3.05, 3.63) is 73.4 Å². The van der Waals surface area contributed by atoms with E-state index in [0.717, 1.165) is 38.4 Å². The number of carbonyl (C=O) groups is 1. The largest absolute Gasteiger partial charge is 0.490 e. The summed E-state index contributed by atoms with van der Waals surface area (Å²) in [5.41, 5.74) is 0.707. The first-order chi connectivity index (χ1) is 18.9. The van der Waals surface area contributed by atoms with Crippen molar-refractivity contribution in [2.24, 2.45) is 0 Å². The van der Waals surface area contributed by atoms with E-state index in [4.69, 9.17) is 4.74 Å². The maximum Gasteiger partial charge on any atom is 0.246 e. The summed E-state index contributed by atoms with van der Waals surface area (Å²) in [6.45, 7) is 6.16.